The van der Waals surface area contributed by atoms with Gasteiger partial charge in [-0.1, -0.05) is 17.0 Å². The zero-order chi connectivity index (χ0) is 22.6. The van der Waals surface area contributed by atoms with Gasteiger partial charge in [-0.2, -0.15) is 4.31 Å². The van der Waals surface area contributed by atoms with Crippen molar-refractivity contribution in [3.8, 4) is 5.75 Å². The summed E-state index contributed by atoms with van der Waals surface area (Å²) in [7, 11) is -1.67. The summed E-state index contributed by atoms with van der Waals surface area (Å²) in [6.07, 6.45) is 1.10. The second kappa shape index (κ2) is 7.86. The summed E-state index contributed by atoms with van der Waals surface area (Å²) in [6.45, 7) is 3.20. The normalized spacial score (nSPS) is 27.7. The van der Waals surface area contributed by atoms with Gasteiger partial charge in [-0.05, 0) is 55.7 Å². The van der Waals surface area contributed by atoms with E-state index in [2.05, 4.69) is 4.90 Å². The molecule has 2 saturated heterocycles. The molecular weight excluding hydrogens is 431 g/mol. The third-order valence-corrected chi connectivity index (χ3v) is 8.33. The zero-order valence-corrected chi connectivity index (χ0v) is 18.1. The average molecular weight is 458 g/mol. The van der Waals surface area contributed by atoms with Crippen LogP contribution in [-0.2, 0) is 6.54 Å². The zero-order valence-electron chi connectivity index (χ0n) is 17.3. The fourth-order valence-corrected chi connectivity index (χ4v) is 6.67. The summed E-state index contributed by atoms with van der Waals surface area (Å²) in [5.74, 6) is -3.45. The van der Waals surface area contributed by atoms with E-state index in [9.17, 15) is 27.4 Å². The van der Waals surface area contributed by atoms with Gasteiger partial charge in [0, 0.05) is 32.7 Å². The van der Waals surface area contributed by atoms with E-state index < -0.39 is 39.7 Å². The number of halogens is 3. The van der Waals surface area contributed by atoms with E-state index >= 15 is 0 Å². The van der Waals surface area contributed by atoms with Gasteiger partial charge in [0.15, 0.2) is 17.4 Å². The van der Waals surface area contributed by atoms with Gasteiger partial charge in [-0.15, -0.1) is 0 Å². The van der Waals surface area contributed by atoms with E-state index in [0.717, 1.165) is 12.1 Å². The minimum atomic E-state index is -3.30. The van der Waals surface area contributed by atoms with Gasteiger partial charge in [0.1, 0.15) is 5.82 Å². The van der Waals surface area contributed by atoms with Crippen LogP contribution in [0.5, 0.6) is 5.75 Å². The minimum Gasteiger partial charge on any atom is -0.503 e. The fraction of sp³-hybridized carbons (Fsp3) is 0.429. The number of hydrogen-bond acceptors (Lipinski definition) is 6. The van der Waals surface area contributed by atoms with Crippen LogP contribution < -0.4 is 4.31 Å². The number of aromatic hydroxyl groups is 1. The Morgan fingerprint density at radius 1 is 1.13 bits per heavy atom. The molecule has 31 heavy (non-hydrogen) atoms. The van der Waals surface area contributed by atoms with Crippen molar-refractivity contribution < 1.29 is 27.4 Å². The average Bonchev–Trinajstić information content (AvgIpc) is 2.87. The Bertz CT molecular complexity index is 972. The molecule has 6 nitrogen and oxygen atoms in total. The number of nitrogens with zero attached hydrogens (tertiary/aromatic N) is 3. The van der Waals surface area contributed by atoms with E-state index in [1.165, 1.54) is 16.4 Å². The van der Waals surface area contributed by atoms with Gasteiger partial charge in [0.05, 0.1) is 11.2 Å². The second-order valence-corrected chi connectivity index (χ2v) is 10.4. The molecule has 3 N–H and O–H groups in total. The SMILES string of the molecule is C[C@H]1C[C@]2(CCN1Cc1cc(F)c(O)c(F)c1)CN(C)S(O)(O)N2c1cccc(F)c1. The van der Waals surface area contributed by atoms with Crippen molar-refractivity contribution in [3.05, 3.63) is 59.4 Å². The first-order valence-corrected chi connectivity index (χ1v) is 11.5. The van der Waals surface area contributed by atoms with E-state index in [1.807, 2.05) is 6.92 Å². The van der Waals surface area contributed by atoms with Crippen LogP contribution in [-0.4, -0.2) is 55.1 Å². The number of phenols is 1. The summed E-state index contributed by atoms with van der Waals surface area (Å²) in [4.78, 5) is 2.06. The maximum absolute atomic E-state index is 13.9. The number of likely N-dealkylation sites (tertiary alicyclic amines) is 1. The Balaban J connectivity index is 1.60. The topological polar surface area (TPSA) is 70.4 Å². The lowest BCUT2D eigenvalue weighted by molar-refractivity contribution is 0.100. The van der Waals surface area contributed by atoms with E-state index in [4.69, 9.17) is 0 Å². The molecule has 2 heterocycles. The van der Waals surface area contributed by atoms with E-state index in [1.54, 1.807) is 23.5 Å². The summed E-state index contributed by atoms with van der Waals surface area (Å²) in [5, 5.41) is 9.31. The van der Waals surface area contributed by atoms with Crippen LogP contribution in [0.3, 0.4) is 0 Å². The first-order valence-electron chi connectivity index (χ1n) is 10.00. The van der Waals surface area contributed by atoms with Crippen LogP contribution >= 0.6 is 11.0 Å². The minimum absolute atomic E-state index is 0.0496. The Labute approximate surface area is 181 Å². The molecule has 2 aliphatic rings. The molecule has 0 radical (unpaired) electrons. The number of phenolic OH excluding ortho intramolecular Hbond substituents is 1. The Morgan fingerprint density at radius 2 is 1.81 bits per heavy atom. The summed E-state index contributed by atoms with van der Waals surface area (Å²) >= 11 is 0. The first kappa shape index (κ1) is 22.2. The van der Waals surface area contributed by atoms with Crippen LogP contribution in [0.15, 0.2) is 36.4 Å². The van der Waals surface area contributed by atoms with Crippen molar-refractivity contribution in [2.75, 3.05) is 24.4 Å². The molecule has 2 aromatic rings. The molecule has 2 aromatic carbocycles. The summed E-state index contributed by atoms with van der Waals surface area (Å²) < 4.78 is 66.2. The lowest BCUT2D eigenvalue weighted by atomic mass is 9.82. The maximum Gasteiger partial charge on any atom is 0.187 e. The highest BCUT2D eigenvalue weighted by Crippen LogP contribution is 2.61. The number of benzene rings is 2. The molecule has 4 rings (SSSR count). The first-order chi connectivity index (χ1) is 14.5. The van der Waals surface area contributed by atoms with Crippen molar-refractivity contribution in [2.45, 2.75) is 37.9 Å². The number of rotatable bonds is 3. The lowest BCUT2D eigenvalue weighted by Crippen LogP contribution is -2.57. The van der Waals surface area contributed by atoms with Crippen molar-refractivity contribution in [3.63, 3.8) is 0 Å². The van der Waals surface area contributed by atoms with Crippen LogP contribution in [0.25, 0.3) is 0 Å². The van der Waals surface area contributed by atoms with Crippen LogP contribution in [0.4, 0.5) is 18.9 Å². The predicted octanol–water partition coefficient (Wildman–Crippen LogP) is 4.57. The van der Waals surface area contributed by atoms with Gasteiger partial charge in [0.2, 0.25) is 0 Å². The predicted molar refractivity (Wildman–Crippen MR) is 114 cm³/mol. The Kier molecular flexibility index (Phi) is 5.63. The smallest absolute Gasteiger partial charge is 0.187 e. The Morgan fingerprint density at radius 3 is 2.42 bits per heavy atom. The molecule has 2 atom stereocenters. The van der Waals surface area contributed by atoms with Gasteiger partial charge in [-0.3, -0.25) is 18.3 Å². The molecule has 0 saturated carbocycles. The highest BCUT2D eigenvalue weighted by atomic mass is 32.3. The summed E-state index contributed by atoms with van der Waals surface area (Å²) in [6, 6.07) is 8.00. The second-order valence-electron chi connectivity index (χ2n) is 8.46. The van der Waals surface area contributed by atoms with Crippen LogP contribution in [0.1, 0.15) is 25.3 Å². The number of piperidine rings is 1. The molecule has 0 bridgehead atoms. The molecule has 2 aliphatic heterocycles. The van der Waals surface area contributed by atoms with Gasteiger partial charge >= 0.3 is 0 Å². The number of anilines is 1. The van der Waals surface area contributed by atoms with Crippen molar-refractivity contribution in [1.29, 1.82) is 0 Å². The van der Waals surface area contributed by atoms with Crippen LogP contribution in [0, 0.1) is 17.5 Å². The van der Waals surface area contributed by atoms with Gasteiger partial charge in [-0.25, -0.2) is 13.2 Å². The molecule has 0 aromatic heterocycles. The van der Waals surface area contributed by atoms with Gasteiger partial charge < -0.3 is 5.11 Å². The maximum atomic E-state index is 13.9. The molecule has 0 amide bonds. The van der Waals surface area contributed by atoms with Crippen molar-refractivity contribution in [1.82, 2.24) is 9.21 Å². The van der Waals surface area contributed by atoms with E-state index in [0.29, 0.717) is 37.2 Å². The molecular formula is C21H26F3N3O3S. The number of hydrogen-bond donors (Lipinski definition) is 3. The standard InChI is InChI=1S/C21H26F3N3O3S/c1-14-11-21(6-7-26(14)12-15-8-18(23)20(28)19(24)9-15)13-25(2)31(29,30)27(21)17-5-3-4-16(22)10-17/h3-5,8-10,14,28-30H,6-7,11-13H2,1-2H3/t14-,21+/m0/s1. The Hall–Kier alpha value is -1.98. The van der Waals surface area contributed by atoms with Crippen molar-refractivity contribution >= 4 is 16.6 Å². The molecule has 0 aliphatic carbocycles. The van der Waals surface area contributed by atoms with Gasteiger partial charge in [0.25, 0.3) is 0 Å². The number of likely N-dealkylation sites (N-methyl/N-ethyl adjacent to an activating group) is 1. The molecule has 0 unspecified atom stereocenters. The molecule has 170 valence electrons. The third kappa shape index (κ3) is 3.87. The van der Waals surface area contributed by atoms with Crippen molar-refractivity contribution in [2.24, 2.45) is 0 Å². The summed E-state index contributed by atoms with van der Waals surface area (Å²) in [5.41, 5.74) is 0.195. The lowest BCUT2D eigenvalue weighted by Gasteiger charge is -2.51. The van der Waals surface area contributed by atoms with E-state index in [-0.39, 0.29) is 12.6 Å². The fourth-order valence-electron chi connectivity index (χ4n) is 4.84. The highest BCUT2D eigenvalue weighted by molar-refractivity contribution is 8.23. The van der Waals surface area contributed by atoms with Crippen LogP contribution in [0.2, 0.25) is 0 Å². The highest BCUT2D eigenvalue weighted by Gasteiger charge is 2.55. The third-order valence-electron chi connectivity index (χ3n) is 6.28. The quantitative estimate of drug-likeness (QED) is 0.628. The molecule has 2 fully saturated rings. The largest absolute Gasteiger partial charge is 0.503 e. The molecule has 1 spiro atoms. The monoisotopic (exact) mass is 457 g/mol. The molecule has 10 heteroatoms.